The van der Waals surface area contributed by atoms with E-state index in [1.54, 1.807) is 0 Å². The molecule has 0 aliphatic carbocycles. The average molecular weight is 236 g/mol. The number of aromatic nitrogens is 2. The average Bonchev–Trinajstić information content (AvgIpc) is 2.69. The summed E-state index contributed by atoms with van der Waals surface area (Å²) >= 11 is 0. The fourth-order valence-electron chi connectivity index (χ4n) is 2.96. The van der Waals surface area contributed by atoms with Crippen LogP contribution in [0, 0.1) is 0 Å². The molecule has 3 rings (SSSR count). The summed E-state index contributed by atoms with van der Waals surface area (Å²) in [6.45, 7) is 3.96. The van der Waals surface area contributed by atoms with Gasteiger partial charge in [-0.2, -0.15) is 0 Å². The fraction of sp³-hybridized carbons (Fsp3) is 0.750. The van der Waals surface area contributed by atoms with Crippen LogP contribution in [0.2, 0.25) is 0 Å². The van der Waals surface area contributed by atoms with Crippen LogP contribution in [0.15, 0.2) is 4.79 Å². The Bertz CT molecular complexity index is 454. The first-order valence-corrected chi connectivity index (χ1v) is 6.47. The van der Waals surface area contributed by atoms with E-state index in [1.807, 2.05) is 0 Å². The van der Waals surface area contributed by atoms with Crippen LogP contribution in [0.1, 0.15) is 30.1 Å². The second-order valence-corrected chi connectivity index (χ2v) is 5.20. The molecule has 2 aliphatic rings. The molecule has 0 bridgehead atoms. The predicted molar refractivity (Wildman–Crippen MR) is 66.2 cm³/mol. The molecule has 2 aliphatic heterocycles. The number of H-pyrrole nitrogens is 1. The van der Waals surface area contributed by atoms with Crippen LogP contribution in [0.4, 0.5) is 0 Å². The van der Waals surface area contributed by atoms with E-state index in [4.69, 9.17) is 0 Å². The Morgan fingerprint density at radius 3 is 2.82 bits per heavy atom. The molecule has 3 heterocycles. The Labute approximate surface area is 101 Å². The standard InChI is InChI=1S/C12H20N4O/c1-15-6-3-9(4-7-15)16-11-2-5-13-8-10(11)12(17)14-16/h9,13H,2-8H2,1H3,(H,14,17). The molecule has 0 aromatic carbocycles. The van der Waals surface area contributed by atoms with Crippen LogP contribution in [0.5, 0.6) is 0 Å². The summed E-state index contributed by atoms with van der Waals surface area (Å²) < 4.78 is 2.16. The lowest BCUT2D eigenvalue weighted by atomic mass is 10.0. The summed E-state index contributed by atoms with van der Waals surface area (Å²) in [6, 6.07) is 0.487. The number of rotatable bonds is 1. The summed E-state index contributed by atoms with van der Waals surface area (Å²) in [5.41, 5.74) is 2.30. The molecule has 1 aromatic rings. The van der Waals surface area contributed by atoms with E-state index < -0.39 is 0 Å². The van der Waals surface area contributed by atoms with Crippen LogP contribution in [0.25, 0.3) is 0 Å². The third-order valence-electron chi connectivity index (χ3n) is 4.03. The molecule has 1 saturated heterocycles. The molecule has 0 saturated carbocycles. The molecule has 2 N–H and O–H groups in total. The Morgan fingerprint density at radius 2 is 2.06 bits per heavy atom. The van der Waals surface area contributed by atoms with Crippen molar-refractivity contribution in [2.24, 2.45) is 0 Å². The minimum atomic E-state index is 0.103. The zero-order valence-electron chi connectivity index (χ0n) is 10.3. The van der Waals surface area contributed by atoms with Crippen molar-refractivity contribution in [3.8, 4) is 0 Å². The molecule has 1 fully saturated rings. The second kappa shape index (κ2) is 4.31. The van der Waals surface area contributed by atoms with E-state index in [9.17, 15) is 4.79 Å². The van der Waals surface area contributed by atoms with E-state index in [0.717, 1.165) is 51.0 Å². The van der Waals surface area contributed by atoms with E-state index in [2.05, 4.69) is 27.0 Å². The highest BCUT2D eigenvalue weighted by Gasteiger charge is 2.25. The molecule has 5 nitrogen and oxygen atoms in total. The number of piperidine rings is 1. The minimum Gasteiger partial charge on any atom is -0.312 e. The summed E-state index contributed by atoms with van der Waals surface area (Å²) in [4.78, 5) is 14.2. The van der Waals surface area contributed by atoms with Crippen molar-refractivity contribution >= 4 is 0 Å². The summed E-state index contributed by atoms with van der Waals surface area (Å²) in [7, 11) is 2.16. The first kappa shape index (κ1) is 11.0. The van der Waals surface area contributed by atoms with Crippen molar-refractivity contribution in [3.63, 3.8) is 0 Å². The van der Waals surface area contributed by atoms with Gasteiger partial charge in [0.25, 0.3) is 5.56 Å². The van der Waals surface area contributed by atoms with Crippen molar-refractivity contribution < 1.29 is 0 Å². The number of nitrogens with zero attached hydrogens (tertiary/aromatic N) is 2. The third kappa shape index (κ3) is 1.93. The van der Waals surface area contributed by atoms with Gasteiger partial charge in [-0.15, -0.1) is 0 Å². The van der Waals surface area contributed by atoms with E-state index in [-0.39, 0.29) is 5.56 Å². The smallest absolute Gasteiger partial charge is 0.268 e. The number of hydrogen-bond acceptors (Lipinski definition) is 3. The van der Waals surface area contributed by atoms with Crippen molar-refractivity contribution in [2.75, 3.05) is 26.7 Å². The first-order chi connectivity index (χ1) is 8.25. The van der Waals surface area contributed by atoms with E-state index >= 15 is 0 Å². The van der Waals surface area contributed by atoms with Crippen molar-refractivity contribution in [1.82, 2.24) is 20.0 Å². The number of fused-ring (bicyclic) bond motifs is 1. The van der Waals surface area contributed by atoms with Gasteiger partial charge in [0.05, 0.1) is 11.6 Å². The van der Waals surface area contributed by atoms with Gasteiger partial charge in [-0.25, -0.2) is 0 Å². The minimum absolute atomic E-state index is 0.103. The largest absolute Gasteiger partial charge is 0.312 e. The van der Waals surface area contributed by atoms with Gasteiger partial charge in [-0.3, -0.25) is 14.6 Å². The van der Waals surface area contributed by atoms with Gasteiger partial charge in [-0.05, 0) is 33.0 Å². The lowest BCUT2D eigenvalue weighted by molar-refractivity contribution is 0.209. The van der Waals surface area contributed by atoms with Crippen LogP contribution < -0.4 is 10.9 Å². The number of nitrogens with one attached hydrogen (secondary N) is 2. The molecule has 0 spiro atoms. The van der Waals surface area contributed by atoms with Crippen molar-refractivity contribution in [1.29, 1.82) is 0 Å². The van der Waals surface area contributed by atoms with Crippen molar-refractivity contribution in [3.05, 3.63) is 21.6 Å². The lowest BCUT2D eigenvalue weighted by Crippen LogP contribution is -2.33. The Balaban J connectivity index is 1.90. The molecular weight excluding hydrogens is 216 g/mol. The molecule has 94 valence electrons. The predicted octanol–water partition coefficient (Wildman–Crippen LogP) is 0.0888. The van der Waals surface area contributed by atoms with Gasteiger partial charge < -0.3 is 10.2 Å². The van der Waals surface area contributed by atoms with E-state index in [0.29, 0.717) is 6.04 Å². The van der Waals surface area contributed by atoms with Gasteiger partial charge in [0.2, 0.25) is 0 Å². The number of likely N-dealkylation sites (tertiary alicyclic amines) is 1. The van der Waals surface area contributed by atoms with Gasteiger partial charge in [0.1, 0.15) is 0 Å². The third-order valence-corrected chi connectivity index (χ3v) is 4.03. The molecule has 1 aromatic heterocycles. The van der Waals surface area contributed by atoms with Gasteiger partial charge in [-0.1, -0.05) is 0 Å². The highest BCUT2D eigenvalue weighted by molar-refractivity contribution is 5.21. The van der Waals surface area contributed by atoms with Gasteiger partial charge in [0, 0.05) is 25.2 Å². The first-order valence-electron chi connectivity index (χ1n) is 6.47. The van der Waals surface area contributed by atoms with Crippen LogP contribution in [-0.4, -0.2) is 41.4 Å². The quantitative estimate of drug-likeness (QED) is 0.726. The van der Waals surface area contributed by atoms with Gasteiger partial charge in [0.15, 0.2) is 0 Å². The maximum Gasteiger partial charge on any atom is 0.268 e. The Morgan fingerprint density at radius 1 is 1.29 bits per heavy atom. The summed E-state index contributed by atoms with van der Waals surface area (Å²) in [5, 5.41) is 6.31. The Hall–Kier alpha value is -1.07. The highest BCUT2D eigenvalue weighted by Crippen LogP contribution is 2.24. The highest BCUT2D eigenvalue weighted by atomic mass is 16.1. The number of aromatic amines is 1. The summed E-state index contributed by atoms with van der Waals surface area (Å²) in [5.74, 6) is 0. The molecule has 5 heteroatoms. The van der Waals surface area contributed by atoms with Crippen LogP contribution in [0.3, 0.4) is 0 Å². The van der Waals surface area contributed by atoms with Crippen LogP contribution >= 0.6 is 0 Å². The Kier molecular flexibility index (Phi) is 2.80. The second-order valence-electron chi connectivity index (χ2n) is 5.20. The fourth-order valence-corrected chi connectivity index (χ4v) is 2.96. The maximum absolute atomic E-state index is 11.9. The SMILES string of the molecule is CN1CCC(n2[nH]c(=O)c3c2CCNC3)CC1. The normalized spacial score (nSPS) is 22.6. The van der Waals surface area contributed by atoms with Crippen LogP contribution in [-0.2, 0) is 13.0 Å². The maximum atomic E-state index is 11.9. The summed E-state index contributed by atoms with van der Waals surface area (Å²) in [6.07, 6.45) is 3.25. The molecule has 0 unspecified atom stereocenters. The van der Waals surface area contributed by atoms with E-state index in [1.165, 1.54) is 5.69 Å². The van der Waals surface area contributed by atoms with Gasteiger partial charge >= 0.3 is 0 Å². The topological polar surface area (TPSA) is 53.1 Å². The lowest BCUT2D eigenvalue weighted by Gasteiger charge is -2.31. The molecule has 0 radical (unpaired) electrons. The molecule has 0 amide bonds. The molecular formula is C12H20N4O. The number of hydrogen-bond donors (Lipinski definition) is 2. The molecule has 17 heavy (non-hydrogen) atoms. The molecule has 0 atom stereocenters. The zero-order valence-corrected chi connectivity index (χ0v) is 10.3. The van der Waals surface area contributed by atoms with Crippen molar-refractivity contribution in [2.45, 2.75) is 31.8 Å². The monoisotopic (exact) mass is 236 g/mol. The zero-order chi connectivity index (χ0) is 11.8.